The zero-order valence-corrected chi connectivity index (χ0v) is 17.2. The van der Waals surface area contributed by atoms with E-state index >= 15 is 0 Å². The Labute approximate surface area is 174 Å². The van der Waals surface area contributed by atoms with Crippen molar-refractivity contribution in [2.24, 2.45) is 0 Å². The lowest BCUT2D eigenvalue weighted by atomic mass is 10.1. The predicted molar refractivity (Wildman–Crippen MR) is 112 cm³/mol. The molecule has 0 unspecified atom stereocenters. The van der Waals surface area contributed by atoms with E-state index in [-0.39, 0.29) is 17.9 Å². The second-order valence-corrected chi connectivity index (χ2v) is 7.35. The van der Waals surface area contributed by atoms with E-state index in [0.717, 1.165) is 12.3 Å². The average Bonchev–Trinajstić information content (AvgIpc) is 3.17. The number of aromatic nitrogens is 3. The summed E-state index contributed by atoms with van der Waals surface area (Å²) < 4.78 is 6.97. The molecule has 0 bridgehead atoms. The molecule has 9 heteroatoms. The van der Waals surface area contributed by atoms with Gasteiger partial charge in [-0.2, -0.15) is 0 Å². The molecule has 0 saturated carbocycles. The number of pyridine rings is 1. The first kappa shape index (κ1) is 19.8. The number of fused-ring (bicyclic) bond motifs is 1. The van der Waals surface area contributed by atoms with Gasteiger partial charge in [0, 0.05) is 38.4 Å². The van der Waals surface area contributed by atoms with Crippen molar-refractivity contribution in [2.75, 3.05) is 39.1 Å². The first-order valence-corrected chi connectivity index (χ1v) is 9.72. The van der Waals surface area contributed by atoms with Gasteiger partial charge in [0.2, 0.25) is 5.91 Å². The molecule has 1 aromatic carbocycles. The van der Waals surface area contributed by atoms with Crippen LogP contribution in [-0.2, 0) is 4.79 Å². The fourth-order valence-corrected chi connectivity index (χ4v) is 3.59. The van der Waals surface area contributed by atoms with Crippen LogP contribution >= 0.6 is 0 Å². The Balaban J connectivity index is 1.60. The number of anilines is 1. The van der Waals surface area contributed by atoms with E-state index in [9.17, 15) is 9.59 Å². The van der Waals surface area contributed by atoms with E-state index < -0.39 is 0 Å². The lowest BCUT2D eigenvalue weighted by molar-refractivity contribution is -0.131. The Morgan fingerprint density at radius 3 is 2.57 bits per heavy atom. The minimum atomic E-state index is -0.232. The first-order valence-electron chi connectivity index (χ1n) is 9.72. The molecular weight excluding hydrogens is 384 g/mol. The van der Waals surface area contributed by atoms with Crippen molar-refractivity contribution in [2.45, 2.75) is 13.0 Å². The molecule has 1 aliphatic rings. The van der Waals surface area contributed by atoms with Crippen LogP contribution in [0.15, 0.2) is 42.6 Å². The molecule has 4 rings (SSSR count). The van der Waals surface area contributed by atoms with Gasteiger partial charge in [-0.3, -0.25) is 18.9 Å². The maximum absolute atomic E-state index is 12.8. The minimum absolute atomic E-state index is 0.0430. The van der Waals surface area contributed by atoms with Crippen molar-refractivity contribution >= 4 is 23.1 Å². The number of hydrogen-bond donors (Lipinski definition) is 1. The number of rotatable bonds is 4. The second kappa shape index (κ2) is 8.11. The molecule has 1 atom stereocenters. The van der Waals surface area contributed by atoms with Gasteiger partial charge in [-0.1, -0.05) is 0 Å². The quantitative estimate of drug-likeness (QED) is 0.708. The normalized spacial score (nSPS) is 17.2. The summed E-state index contributed by atoms with van der Waals surface area (Å²) in [6.07, 6.45) is 1.74. The van der Waals surface area contributed by atoms with E-state index in [1.54, 1.807) is 56.6 Å². The summed E-state index contributed by atoms with van der Waals surface area (Å²) in [5, 5.41) is 11.5. The number of hydrogen-bond acceptors (Lipinski definition) is 6. The fraction of sp³-hybridized carbons (Fsp3) is 0.333. The van der Waals surface area contributed by atoms with Crippen molar-refractivity contribution in [3.05, 3.63) is 54.0 Å². The van der Waals surface area contributed by atoms with E-state index in [0.29, 0.717) is 35.8 Å². The number of benzene rings is 1. The van der Waals surface area contributed by atoms with Gasteiger partial charge in [-0.25, -0.2) is 0 Å². The molecule has 0 spiro atoms. The Morgan fingerprint density at radius 1 is 1.10 bits per heavy atom. The third-order valence-corrected chi connectivity index (χ3v) is 5.43. The van der Waals surface area contributed by atoms with Crippen molar-refractivity contribution in [3.8, 4) is 5.75 Å². The molecule has 0 radical (unpaired) electrons. The van der Waals surface area contributed by atoms with E-state index in [1.807, 2.05) is 16.3 Å². The van der Waals surface area contributed by atoms with E-state index in [1.165, 1.54) is 0 Å². The minimum Gasteiger partial charge on any atom is -0.497 e. The summed E-state index contributed by atoms with van der Waals surface area (Å²) in [5.41, 5.74) is 1.81. The largest absolute Gasteiger partial charge is 0.497 e. The summed E-state index contributed by atoms with van der Waals surface area (Å²) in [7, 11) is 3.60. The molecule has 1 saturated heterocycles. The number of ether oxygens (including phenoxy) is 1. The molecule has 156 valence electrons. The molecule has 1 aliphatic heterocycles. The maximum Gasteiger partial charge on any atom is 0.257 e. The topological polar surface area (TPSA) is 92.1 Å². The molecule has 1 N–H and O–H groups in total. The first-order chi connectivity index (χ1) is 14.5. The van der Waals surface area contributed by atoms with Crippen LogP contribution in [0.5, 0.6) is 5.75 Å². The van der Waals surface area contributed by atoms with Gasteiger partial charge < -0.3 is 15.0 Å². The van der Waals surface area contributed by atoms with Crippen LogP contribution in [0, 0.1) is 0 Å². The van der Waals surface area contributed by atoms with E-state index in [2.05, 4.69) is 20.4 Å². The van der Waals surface area contributed by atoms with Gasteiger partial charge in [0.05, 0.1) is 18.7 Å². The van der Waals surface area contributed by atoms with Gasteiger partial charge in [-0.05, 0) is 43.4 Å². The monoisotopic (exact) mass is 408 g/mol. The Morgan fingerprint density at radius 2 is 1.87 bits per heavy atom. The van der Waals surface area contributed by atoms with Crippen LogP contribution in [0.4, 0.5) is 5.69 Å². The van der Waals surface area contributed by atoms with Crippen molar-refractivity contribution in [3.63, 3.8) is 0 Å². The average molecular weight is 408 g/mol. The Kier molecular flexibility index (Phi) is 5.37. The van der Waals surface area contributed by atoms with Crippen molar-refractivity contribution in [1.82, 2.24) is 24.4 Å². The van der Waals surface area contributed by atoms with Crippen LogP contribution in [0.25, 0.3) is 5.65 Å². The van der Waals surface area contributed by atoms with Crippen molar-refractivity contribution in [1.29, 1.82) is 0 Å². The molecule has 0 aliphatic carbocycles. The highest BCUT2D eigenvalue weighted by Gasteiger charge is 2.30. The predicted octanol–water partition coefficient (Wildman–Crippen LogP) is 1.83. The lowest BCUT2D eigenvalue weighted by Gasteiger charge is -2.38. The van der Waals surface area contributed by atoms with Crippen LogP contribution in [0.1, 0.15) is 29.1 Å². The number of nitrogens with zero attached hydrogens (tertiary/aromatic N) is 5. The van der Waals surface area contributed by atoms with Crippen LogP contribution in [0.3, 0.4) is 0 Å². The van der Waals surface area contributed by atoms with Crippen molar-refractivity contribution < 1.29 is 14.3 Å². The number of methoxy groups -OCH3 is 1. The Hall–Kier alpha value is -3.46. The second-order valence-electron chi connectivity index (χ2n) is 7.35. The zero-order valence-electron chi connectivity index (χ0n) is 17.2. The van der Waals surface area contributed by atoms with Crippen LogP contribution < -0.4 is 10.1 Å². The SMILES string of the molecule is COc1ccc(NC(=O)c2ccc3nnc([C@@H]4CN(C(C)=O)CCN4C)n3c2)cc1. The zero-order chi connectivity index (χ0) is 21.3. The number of amides is 2. The molecule has 2 aromatic heterocycles. The number of likely N-dealkylation sites (N-methyl/N-ethyl adjacent to an activating group) is 1. The maximum atomic E-state index is 12.8. The molecule has 3 heterocycles. The number of carbonyl (C=O) groups excluding carboxylic acids is 2. The standard InChI is InChI=1S/C21H24N6O3/c1-14(28)26-11-10-25(2)18(13-26)20-24-23-19-9-4-15(12-27(19)20)21(29)22-16-5-7-17(30-3)8-6-16/h4-9,12,18H,10-11,13H2,1-3H3,(H,22,29)/t18-/m0/s1. The summed E-state index contributed by atoms with van der Waals surface area (Å²) in [6, 6.07) is 10.5. The third-order valence-electron chi connectivity index (χ3n) is 5.43. The molecular formula is C21H24N6O3. The number of nitrogens with one attached hydrogen (secondary N) is 1. The van der Waals surface area contributed by atoms with Gasteiger partial charge >= 0.3 is 0 Å². The Bertz CT molecular complexity index is 1080. The summed E-state index contributed by atoms with van der Waals surface area (Å²) in [6.45, 7) is 3.55. The number of piperazine rings is 1. The molecule has 3 aromatic rings. The molecule has 2 amide bonds. The van der Waals surface area contributed by atoms with Gasteiger partial charge in [0.25, 0.3) is 5.91 Å². The molecule has 30 heavy (non-hydrogen) atoms. The van der Waals surface area contributed by atoms with Crippen LogP contribution in [0.2, 0.25) is 0 Å². The molecule has 1 fully saturated rings. The highest BCUT2D eigenvalue weighted by Crippen LogP contribution is 2.24. The fourth-order valence-electron chi connectivity index (χ4n) is 3.59. The van der Waals surface area contributed by atoms with Gasteiger partial charge in [0.15, 0.2) is 11.5 Å². The van der Waals surface area contributed by atoms with E-state index in [4.69, 9.17) is 4.74 Å². The summed E-state index contributed by atoms with van der Waals surface area (Å²) in [5.74, 6) is 1.24. The lowest BCUT2D eigenvalue weighted by Crippen LogP contribution is -2.48. The highest BCUT2D eigenvalue weighted by atomic mass is 16.5. The van der Waals surface area contributed by atoms with Gasteiger partial charge in [-0.15, -0.1) is 10.2 Å². The highest BCUT2D eigenvalue weighted by molar-refractivity contribution is 6.04. The summed E-state index contributed by atoms with van der Waals surface area (Å²) in [4.78, 5) is 28.6. The molecule has 9 nitrogen and oxygen atoms in total. The third kappa shape index (κ3) is 3.84. The number of carbonyl (C=O) groups is 2. The smallest absolute Gasteiger partial charge is 0.257 e. The van der Waals surface area contributed by atoms with Gasteiger partial charge in [0.1, 0.15) is 5.75 Å². The van der Waals surface area contributed by atoms with Crippen LogP contribution in [-0.4, -0.2) is 70.0 Å². The summed E-state index contributed by atoms with van der Waals surface area (Å²) >= 11 is 0.